The largest absolute Gasteiger partial charge is 0.394 e. The van der Waals surface area contributed by atoms with E-state index in [0.29, 0.717) is 16.7 Å². The van der Waals surface area contributed by atoms with Gasteiger partial charge in [-0.1, -0.05) is 41.0 Å². The lowest BCUT2D eigenvalue weighted by Crippen LogP contribution is -2.12. The second kappa shape index (κ2) is 4.43. The maximum Gasteiger partial charge on any atom is 0.147 e. The molecule has 1 aromatic heterocycles. The molecule has 0 atom stereocenters. The van der Waals surface area contributed by atoms with E-state index in [1.165, 1.54) is 0 Å². The highest BCUT2D eigenvalue weighted by Gasteiger charge is 2.64. The number of nitrogens with two attached hydrogens (primary N) is 1. The smallest absolute Gasteiger partial charge is 0.147 e. The van der Waals surface area contributed by atoms with Gasteiger partial charge in [0.1, 0.15) is 5.82 Å². The minimum absolute atomic E-state index is 0.402. The van der Waals surface area contributed by atoms with Crippen LogP contribution in [0, 0.1) is 16.7 Å². The van der Waals surface area contributed by atoms with Crippen LogP contribution >= 0.6 is 0 Å². The number of hydrogen-bond donors (Lipinski definition) is 2. The summed E-state index contributed by atoms with van der Waals surface area (Å²) in [6, 6.07) is 0. The van der Waals surface area contributed by atoms with E-state index in [1.807, 2.05) is 11.7 Å². The van der Waals surface area contributed by atoms with Gasteiger partial charge in [-0.15, -0.1) is 0 Å². The normalized spacial score (nSPS) is 20.5. The first kappa shape index (κ1) is 14.2. The third kappa shape index (κ3) is 2.11. The van der Waals surface area contributed by atoms with Crippen LogP contribution in [0.25, 0.3) is 0 Å². The molecule has 1 aliphatic rings. The third-order valence-corrected chi connectivity index (χ3v) is 5.44. The first-order chi connectivity index (χ1) is 8.73. The van der Waals surface area contributed by atoms with E-state index >= 15 is 0 Å². The van der Waals surface area contributed by atoms with Crippen LogP contribution in [0.1, 0.15) is 46.7 Å². The highest BCUT2D eigenvalue weighted by molar-refractivity contribution is 5.65. The van der Waals surface area contributed by atoms with E-state index in [1.54, 1.807) is 0 Å². The zero-order valence-corrected chi connectivity index (χ0v) is 13.2. The number of nitrogens with one attached hydrogen (secondary N) is 1. The van der Waals surface area contributed by atoms with Crippen molar-refractivity contribution in [3.05, 3.63) is 5.69 Å². The maximum absolute atomic E-state index is 6.19. The highest BCUT2D eigenvalue weighted by Crippen LogP contribution is 2.68. The number of nitrogen functional groups attached to an aromatic ring is 1. The zero-order chi connectivity index (χ0) is 14.4. The Balaban J connectivity index is 2.05. The number of aryl methyl sites for hydroxylation is 2. The Morgan fingerprint density at radius 1 is 1.26 bits per heavy atom. The van der Waals surface area contributed by atoms with Gasteiger partial charge in [-0.25, -0.2) is 0 Å². The van der Waals surface area contributed by atoms with Crippen LogP contribution in [-0.4, -0.2) is 16.3 Å². The molecule has 2 rings (SSSR count). The molecule has 4 nitrogen and oxygen atoms in total. The van der Waals surface area contributed by atoms with Gasteiger partial charge in [-0.05, 0) is 23.2 Å². The summed E-state index contributed by atoms with van der Waals surface area (Å²) in [6.07, 6.45) is 2.02. The van der Waals surface area contributed by atoms with E-state index in [2.05, 4.69) is 45.0 Å². The van der Waals surface area contributed by atoms with Crippen LogP contribution in [0.3, 0.4) is 0 Å². The first-order valence-corrected chi connectivity index (χ1v) is 7.28. The van der Waals surface area contributed by atoms with Gasteiger partial charge in [0.25, 0.3) is 0 Å². The summed E-state index contributed by atoms with van der Waals surface area (Å²) in [7, 11) is 1.96. The van der Waals surface area contributed by atoms with Crippen LogP contribution in [0.2, 0.25) is 0 Å². The Hall–Kier alpha value is -1.19. The molecule has 1 heterocycles. The van der Waals surface area contributed by atoms with Gasteiger partial charge in [-0.2, -0.15) is 5.10 Å². The first-order valence-electron chi connectivity index (χ1n) is 7.28. The fraction of sp³-hybridized carbons (Fsp3) is 0.800. The molecule has 0 unspecified atom stereocenters. The van der Waals surface area contributed by atoms with Gasteiger partial charge in [0.15, 0.2) is 0 Å². The molecule has 0 saturated heterocycles. The van der Waals surface area contributed by atoms with E-state index in [9.17, 15) is 0 Å². The van der Waals surface area contributed by atoms with Crippen LogP contribution < -0.4 is 11.1 Å². The fourth-order valence-electron chi connectivity index (χ4n) is 3.27. The molecule has 1 aliphatic carbocycles. The molecular weight excluding hydrogens is 236 g/mol. The van der Waals surface area contributed by atoms with Crippen molar-refractivity contribution in [3.63, 3.8) is 0 Å². The lowest BCUT2D eigenvalue weighted by atomic mass is 10.0. The van der Waals surface area contributed by atoms with E-state index < -0.39 is 0 Å². The summed E-state index contributed by atoms with van der Waals surface area (Å²) in [5.74, 6) is 1.66. The second-order valence-electron chi connectivity index (χ2n) is 6.96. The number of rotatable bonds is 5. The van der Waals surface area contributed by atoms with Crippen LogP contribution in [0.15, 0.2) is 0 Å². The third-order valence-electron chi connectivity index (χ3n) is 5.44. The molecule has 0 spiro atoms. The summed E-state index contributed by atoms with van der Waals surface area (Å²) >= 11 is 0. The molecule has 3 N–H and O–H groups in total. The van der Waals surface area contributed by atoms with Gasteiger partial charge >= 0.3 is 0 Å². The lowest BCUT2D eigenvalue weighted by molar-refractivity contribution is 0.457. The van der Waals surface area contributed by atoms with Crippen LogP contribution in [0.5, 0.6) is 0 Å². The Kier molecular flexibility index (Phi) is 3.31. The number of aromatic nitrogens is 2. The Bertz CT molecular complexity index is 457. The number of nitrogens with zero attached hydrogens (tertiary/aromatic N) is 2. The molecule has 4 heteroatoms. The standard InChI is InChI=1S/C15H28N4/c1-7-8-10-12(16)13(19(6)18-10)17-9-11-14(2,3)15(11,4)5/h11,17H,7-9,16H2,1-6H3. The second-order valence-corrected chi connectivity index (χ2v) is 6.96. The van der Waals surface area contributed by atoms with Gasteiger partial charge < -0.3 is 11.1 Å². The lowest BCUT2D eigenvalue weighted by Gasteiger charge is -2.09. The van der Waals surface area contributed by atoms with Gasteiger partial charge in [0.2, 0.25) is 0 Å². The van der Waals surface area contributed by atoms with E-state index in [4.69, 9.17) is 5.73 Å². The average Bonchev–Trinajstić information content (AvgIpc) is 2.55. The summed E-state index contributed by atoms with van der Waals surface area (Å²) < 4.78 is 1.88. The van der Waals surface area contributed by atoms with Crippen molar-refractivity contribution in [2.24, 2.45) is 23.8 Å². The predicted octanol–water partition coefficient (Wildman–Crippen LogP) is 3.05. The van der Waals surface area contributed by atoms with Crippen molar-refractivity contribution in [2.45, 2.75) is 47.5 Å². The monoisotopic (exact) mass is 264 g/mol. The van der Waals surface area contributed by atoms with Crippen molar-refractivity contribution in [2.75, 3.05) is 17.6 Å². The van der Waals surface area contributed by atoms with Gasteiger partial charge in [0, 0.05) is 13.6 Å². The number of hydrogen-bond acceptors (Lipinski definition) is 3. The fourth-order valence-corrected chi connectivity index (χ4v) is 3.27. The average molecular weight is 264 g/mol. The molecule has 1 fully saturated rings. The molecule has 19 heavy (non-hydrogen) atoms. The predicted molar refractivity (Wildman–Crippen MR) is 81.2 cm³/mol. The molecule has 1 aromatic rings. The van der Waals surface area contributed by atoms with Crippen LogP contribution in [-0.2, 0) is 13.5 Å². The van der Waals surface area contributed by atoms with Crippen molar-refractivity contribution < 1.29 is 0 Å². The van der Waals surface area contributed by atoms with Crippen molar-refractivity contribution in [1.29, 1.82) is 0 Å². The SMILES string of the molecule is CCCc1nn(C)c(NCC2C(C)(C)C2(C)C)c1N. The molecule has 0 aromatic carbocycles. The molecule has 0 amide bonds. The van der Waals surface area contributed by atoms with E-state index in [-0.39, 0.29) is 0 Å². The van der Waals surface area contributed by atoms with Gasteiger partial charge in [0.05, 0.1) is 11.4 Å². The molecule has 1 saturated carbocycles. The van der Waals surface area contributed by atoms with Crippen molar-refractivity contribution >= 4 is 11.5 Å². The van der Waals surface area contributed by atoms with E-state index in [0.717, 1.165) is 36.6 Å². The summed E-state index contributed by atoms with van der Waals surface area (Å²) in [5, 5.41) is 8.01. The Morgan fingerprint density at radius 2 is 1.84 bits per heavy atom. The molecule has 108 valence electrons. The Labute approximate surface area is 116 Å². The number of anilines is 2. The highest BCUT2D eigenvalue weighted by atomic mass is 15.3. The topological polar surface area (TPSA) is 55.9 Å². The molecule has 0 radical (unpaired) electrons. The van der Waals surface area contributed by atoms with Gasteiger partial charge in [-0.3, -0.25) is 4.68 Å². The minimum atomic E-state index is 0.402. The molecule has 0 bridgehead atoms. The van der Waals surface area contributed by atoms with Crippen molar-refractivity contribution in [3.8, 4) is 0 Å². The molecular formula is C15H28N4. The maximum atomic E-state index is 6.19. The zero-order valence-electron chi connectivity index (χ0n) is 13.2. The quantitative estimate of drug-likeness (QED) is 0.859. The minimum Gasteiger partial charge on any atom is -0.394 e. The van der Waals surface area contributed by atoms with Crippen LogP contribution in [0.4, 0.5) is 11.5 Å². The van der Waals surface area contributed by atoms with Crippen molar-refractivity contribution in [1.82, 2.24) is 9.78 Å². The summed E-state index contributed by atoms with van der Waals surface area (Å²) in [6.45, 7) is 12.5. The Morgan fingerprint density at radius 3 is 2.32 bits per heavy atom. The summed E-state index contributed by atoms with van der Waals surface area (Å²) in [4.78, 5) is 0. The molecule has 0 aliphatic heterocycles. The summed E-state index contributed by atoms with van der Waals surface area (Å²) in [5.41, 5.74) is 8.83.